The number of amides is 3. The maximum Gasteiger partial charge on any atom is 0.362 e. The summed E-state index contributed by atoms with van der Waals surface area (Å²) in [7, 11) is -19.6. The Balaban J connectivity index is 0.000000310. The zero-order valence-corrected chi connectivity index (χ0v) is 85.1. The molecule has 2 aliphatic carbocycles. The van der Waals surface area contributed by atoms with Crippen LogP contribution in [0.25, 0.3) is 0 Å². The number of hydrogen-bond donors (Lipinski definition) is 18. The average molecular weight is 2210 g/mol. The zero-order chi connectivity index (χ0) is 104. The van der Waals surface area contributed by atoms with Crippen molar-refractivity contribution in [3.8, 4) is 0 Å². The van der Waals surface area contributed by atoms with Gasteiger partial charge in [0, 0.05) is 156 Å². The fourth-order valence-corrected chi connectivity index (χ4v) is 21.7. The number of carboxylic acid groups (broad SMARTS) is 2. The molecule has 0 radical (unpaired) electrons. The minimum Gasteiger partial charge on any atom is -0.481 e. The van der Waals surface area contributed by atoms with Crippen molar-refractivity contribution in [2.45, 2.75) is 199 Å². The predicted octanol–water partition coefficient (Wildman–Crippen LogP) is -3.67. The lowest BCUT2D eigenvalue weighted by atomic mass is 9.74. The molecule has 780 valence electrons. The smallest absolute Gasteiger partial charge is 0.362 e. The molecule has 10 aliphatic heterocycles. The van der Waals surface area contributed by atoms with E-state index in [1.807, 2.05) is 49.3 Å². The number of aliphatic hydroxyl groups is 2. The Morgan fingerprint density at radius 2 is 0.761 bits per heavy atom. The van der Waals surface area contributed by atoms with E-state index in [-0.39, 0.29) is 132 Å². The minimum atomic E-state index is -3.89. The molecule has 2 aromatic carbocycles. The van der Waals surface area contributed by atoms with Crippen LogP contribution in [-0.4, -0.2) is 306 Å². The molecule has 0 aromatic heterocycles. The molecule has 0 bridgehead atoms. The van der Waals surface area contributed by atoms with Gasteiger partial charge in [-0.2, -0.15) is 74.1 Å². The van der Waals surface area contributed by atoms with Crippen LogP contribution >= 0.6 is 31.8 Å². The molecule has 2 aromatic rings. The number of benzene rings is 2. The van der Waals surface area contributed by atoms with Crippen molar-refractivity contribution in [1.82, 2.24) is 58.3 Å². The highest BCUT2D eigenvalue weighted by Gasteiger charge is 2.63. The van der Waals surface area contributed by atoms with Crippen LogP contribution in [0.3, 0.4) is 0 Å². The first-order chi connectivity index (χ1) is 63.8. The number of rotatable bonds is 26. The molecule has 14 rings (SSSR count). The van der Waals surface area contributed by atoms with Crippen LogP contribution in [0.4, 0.5) is 11.4 Å². The van der Waals surface area contributed by atoms with Crippen LogP contribution in [0.2, 0.25) is 0 Å². The van der Waals surface area contributed by atoms with Crippen LogP contribution in [0.1, 0.15) is 155 Å². The van der Waals surface area contributed by atoms with E-state index in [0.717, 1.165) is 86.1 Å². The number of carboxylic acids is 2. The number of nitro groups is 2. The Bertz CT molecular complexity index is 5320. The van der Waals surface area contributed by atoms with Crippen molar-refractivity contribution in [2.24, 2.45) is 83.1 Å². The Morgan fingerprint density at radius 1 is 0.486 bits per heavy atom. The van der Waals surface area contributed by atoms with Crippen LogP contribution in [0.5, 0.6) is 0 Å². The van der Waals surface area contributed by atoms with E-state index in [2.05, 4.69) is 71.0 Å². The summed E-state index contributed by atoms with van der Waals surface area (Å²) in [6.07, 6.45) is 9.92. The number of β-lactam (4-membered cyclic amide) rings is 3. The van der Waals surface area contributed by atoms with E-state index in [1.165, 1.54) is 66.4 Å². The molecule has 138 heavy (non-hydrogen) atoms. The second kappa shape index (κ2) is 51.4. The van der Waals surface area contributed by atoms with Gasteiger partial charge in [0.05, 0.1) is 69.1 Å². The number of aliphatic hydroxyl groups excluding tert-OH is 2. The second-order valence-corrected chi connectivity index (χ2v) is 45.9. The van der Waals surface area contributed by atoms with Crippen LogP contribution in [0, 0.1) is 61.7 Å². The van der Waals surface area contributed by atoms with Gasteiger partial charge in [0.2, 0.25) is 17.7 Å². The third kappa shape index (κ3) is 35.6. The van der Waals surface area contributed by atoms with Crippen molar-refractivity contribution in [2.75, 3.05) is 76.2 Å². The van der Waals surface area contributed by atoms with Gasteiger partial charge in [-0.25, -0.2) is 59.9 Å². The molecule has 26 N–H and O–H groups in total. The number of carbonyl (C=O) groups is 9. The minimum absolute atomic E-state index is 0. The average Bonchev–Trinajstić information content (AvgIpc) is 1.56. The van der Waals surface area contributed by atoms with E-state index in [4.69, 9.17) is 50.8 Å². The van der Waals surface area contributed by atoms with E-state index >= 15 is 0 Å². The summed E-state index contributed by atoms with van der Waals surface area (Å²) >= 11 is 2.25. The van der Waals surface area contributed by atoms with Gasteiger partial charge in [0.15, 0.2) is 0 Å². The molecule has 0 spiro atoms. The number of ether oxygens (including phenoxy) is 2. The number of aliphatic carboxylic acids is 2. The lowest BCUT2D eigenvalue weighted by Gasteiger charge is -2.47. The SMILES string of the molecule is CC(=O)O.CC(C)[C@H]1C(=O)N2C(C(=O)OC(=O)c3ccc([N+](=O)[O-])cc3)=C(CN3CC[C@H](NS(N)(=O)=O)C3)[C@H](C)[C@H]12.C[C@@H](O)[C@H]1C(=O)N2C(C(=O)O)=C(CN3CC[C@H](NS(N)(=O)=O)C3)[C@H](C)[C@H]12.C[C@@H](O)[C@H]1C(=O)N2C(C(=O)OC(=O)c3ccc([N+](=O)[O-])cc3)=C(CN3CC[C@H](NS(N)(=O)=O)C3)[C@H](C)[C@H]12.NC1CCCC1.NS(=O)(=O)NC1CCCC1.NS(=O)(=O)N[C@H]1CCNC1.NS(N)(=O)=O.PCI.[HH]. The number of fused-ring (bicyclic) bond motifs is 3. The molecule has 2 saturated carbocycles. The highest BCUT2D eigenvalue weighted by Crippen LogP contribution is 2.51. The van der Waals surface area contributed by atoms with Crippen molar-refractivity contribution in [3.05, 3.63) is 114 Å². The molecule has 3 amide bonds. The van der Waals surface area contributed by atoms with E-state index in [0.29, 0.717) is 94.4 Å². The number of nitrogens with one attached hydrogen (secondary N) is 6. The number of nitrogens with two attached hydrogens (primary N) is 8. The van der Waals surface area contributed by atoms with E-state index < -0.39 is 149 Å². The van der Waals surface area contributed by atoms with Gasteiger partial charge in [-0.3, -0.25) is 54.1 Å². The molecule has 10 heterocycles. The lowest BCUT2D eigenvalue weighted by molar-refractivity contribution is -0.385. The van der Waals surface area contributed by atoms with Crippen molar-refractivity contribution >= 4 is 158 Å². The highest BCUT2D eigenvalue weighted by molar-refractivity contribution is 14.1. The summed E-state index contributed by atoms with van der Waals surface area (Å²) in [5, 5.41) is 94.6. The largest absolute Gasteiger partial charge is 0.481 e. The quantitative estimate of drug-likeness (QED) is 0.00631. The molecular formula is C77H128IN22O31PS6. The van der Waals surface area contributed by atoms with Gasteiger partial charge in [0.1, 0.15) is 17.1 Å². The Hall–Kier alpha value is -7.81. The normalized spacial score (nSPS) is 25.7. The molecule has 12 aliphatic rings. The predicted molar refractivity (Wildman–Crippen MR) is 511 cm³/mol. The maximum absolute atomic E-state index is 13.3. The molecule has 1 unspecified atom stereocenters. The molecule has 7 saturated heterocycles. The topological polar surface area (TPSA) is 844 Å². The number of hydrogen-bond acceptors (Lipinski definition) is 34. The summed E-state index contributed by atoms with van der Waals surface area (Å²) in [6.45, 7) is 18.6. The number of likely N-dealkylation sites (tertiary alicyclic amines) is 3. The van der Waals surface area contributed by atoms with Crippen LogP contribution < -0.4 is 70.6 Å². The number of nitrogens with zero attached hydrogens (tertiary/aromatic N) is 8. The number of halogens is 1. The molecule has 16 atom stereocenters. The second-order valence-electron chi connectivity index (χ2n) is 35.1. The summed E-state index contributed by atoms with van der Waals surface area (Å²) in [5.74, 6) is -9.37. The van der Waals surface area contributed by atoms with E-state index in [1.54, 1.807) is 0 Å². The Kier molecular flexibility index (Phi) is 44.3. The van der Waals surface area contributed by atoms with Gasteiger partial charge >= 0.3 is 29.8 Å². The van der Waals surface area contributed by atoms with Gasteiger partial charge < -0.3 is 55.7 Å². The summed E-state index contributed by atoms with van der Waals surface area (Å²) in [5.41, 5.74) is 6.68. The fourth-order valence-electron chi connectivity index (χ4n) is 18.4. The molecule has 9 fully saturated rings. The molecular weight excluding hydrogens is 2080 g/mol. The van der Waals surface area contributed by atoms with Gasteiger partial charge in [-0.1, -0.05) is 82.9 Å². The van der Waals surface area contributed by atoms with Crippen molar-refractivity contribution in [1.29, 1.82) is 0 Å². The van der Waals surface area contributed by atoms with Gasteiger partial charge in [-0.05, 0) is 119 Å². The molecule has 61 heteroatoms. The number of nitro benzene ring substituents is 2. The third-order valence-electron chi connectivity index (χ3n) is 24.2. The number of non-ortho nitro benzene ring substituents is 2. The Labute approximate surface area is 817 Å². The van der Waals surface area contributed by atoms with Crippen LogP contribution in [0.15, 0.2) is 82.3 Å². The number of esters is 4. The highest BCUT2D eigenvalue weighted by atomic mass is 127. The Morgan fingerprint density at radius 3 is 1.02 bits per heavy atom. The van der Waals surface area contributed by atoms with Crippen LogP contribution in [-0.2, 0) is 104 Å². The number of carbonyl (C=O) groups excluding carboxylic acids is 7. The standard InChI is InChI=1S/C23H29N5O8S.C22H27N5O9S.C15H24N4O6S.C5H12N2O2S.C5H11N.C4H11N3O2S.C2H4O2.CH4IP.H4N2O2S.H2/c1-12(2)18-19-13(3)17(11-26-9-8-15(10-26)25-37(24,34)35)20(27(19)21(18)29)23(31)36-22(30)14-4-6-16(7-5-14)28(32)33;1-11-16(10-25-8-7-14(9-25)24-37(23,34)35)19(26-18(11)17(12(2)28)20(26)29)22(31)36-21(30)13-3-5-15(6-4-13)27(32)33;1-7-10(6-18-4-3-9(5-18)17-26(16,24)25)13(15(22)23)19-12(7)11(8(2)20)14(19)21;6-10(8,9)7-5-3-1-2-4-5;6-5-3-1-2-4-5;5-10(8,9)7-4-1-2-6-3-4;1-2(3)4;2-1-3;1-5(2,3)4;/h4-7,12-13,15,18-19,25H,8-11H2,1-3H3,(H2,24,34,35);3-6,11-12,14,17-18,24,28H,7-10H2,1-2H3,(H2,23,34,35);7-9,11-12,17,20H,3-6H2,1-2H3,(H,22,23)(H2,16,24,25);5,7H,1-4H2,(H2,6,8,9);5H,1-4,6H2;4,6-7H,1-3H2,(H2,5,8,9);1H3,(H,3,4);1,3H2;(H4,1,2,3,4);1H/t13-,15-,18+,19+;11-,12+,14-,17+,18+;7-,8+,9-,11+,12+;;;4-;;;;/m000..0..../s1. The number of alkyl halides is 1. The van der Waals surface area contributed by atoms with Crippen molar-refractivity contribution in [3.63, 3.8) is 0 Å². The summed E-state index contributed by atoms with van der Waals surface area (Å²) in [6, 6.07) is 7.56. The lowest BCUT2D eigenvalue weighted by Crippen LogP contribution is -2.63. The fraction of sp³-hybridized carbons (Fsp3) is 0.649. The molecule has 53 nitrogen and oxygen atoms in total. The monoisotopic (exact) mass is 2210 g/mol. The first-order valence-corrected chi connectivity index (χ1v) is 55.1. The summed E-state index contributed by atoms with van der Waals surface area (Å²) < 4.78 is 151. The first-order valence-electron chi connectivity index (χ1n) is 43.5. The van der Waals surface area contributed by atoms with Crippen molar-refractivity contribution < 1.29 is 135 Å². The van der Waals surface area contributed by atoms with Gasteiger partial charge in [-0.15, -0.1) is 9.24 Å². The summed E-state index contributed by atoms with van der Waals surface area (Å²) in [4.78, 5) is 141. The van der Waals surface area contributed by atoms with E-state index in [9.17, 15) is 124 Å². The third-order valence-corrected chi connectivity index (χ3v) is 27.5. The zero-order valence-electron chi connectivity index (χ0n) is 76.9. The first kappa shape index (κ1) is 119. The maximum atomic E-state index is 13.3. The van der Waals surface area contributed by atoms with Gasteiger partial charge in [0.25, 0.3) is 78.6 Å².